The number of hydrogen-bond acceptors (Lipinski definition) is 10. The third-order valence-electron chi connectivity index (χ3n) is 4.90. The van der Waals surface area contributed by atoms with Crippen LogP contribution in [0.15, 0.2) is 30.3 Å². The molecule has 0 heterocycles. The maximum atomic E-state index is 12.8. The molecule has 2 unspecified atom stereocenters. The van der Waals surface area contributed by atoms with Gasteiger partial charge < -0.3 is 24.3 Å². The van der Waals surface area contributed by atoms with E-state index in [-0.39, 0.29) is 25.9 Å². The van der Waals surface area contributed by atoms with Crippen LogP contribution >= 0.6 is 0 Å². The second kappa shape index (κ2) is 15.5. The van der Waals surface area contributed by atoms with E-state index in [0.29, 0.717) is 0 Å². The standard InChI is InChI=1S/C30H46N2O9/c1-28(2,3)39-25(35)17-22(27(37)41-30(7,8)9)31-18-23(33)32-21(26(36)40-29(4,5)6)15-16-24(34)38-19-20-13-11-10-12-14-20/h10-14,21-22,31H,15-19H2,1-9H3,(H,32,33). The van der Waals surface area contributed by atoms with Crippen LogP contribution in [-0.4, -0.2) is 65.2 Å². The van der Waals surface area contributed by atoms with Gasteiger partial charge in [0.15, 0.2) is 0 Å². The minimum atomic E-state index is -1.18. The summed E-state index contributed by atoms with van der Waals surface area (Å²) >= 11 is 0. The van der Waals surface area contributed by atoms with E-state index >= 15 is 0 Å². The van der Waals surface area contributed by atoms with Gasteiger partial charge in [0, 0.05) is 6.42 Å². The lowest BCUT2D eigenvalue weighted by Gasteiger charge is -2.26. The first-order chi connectivity index (χ1) is 18.7. The lowest BCUT2D eigenvalue weighted by Crippen LogP contribution is -2.50. The number of benzene rings is 1. The van der Waals surface area contributed by atoms with Crippen molar-refractivity contribution < 1.29 is 42.9 Å². The largest absolute Gasteiger partial charge is 0.461 e. The molecule has 2 atom stereocenters. The van der Waals surface area contributed by atoms with E-state index in [9.17, 15) is 24.0 Å². The first-order valence-corrected chi connectivity index (χ1v) is 13.6. The molecule has 0 fully saturated rings. The molecule has 0 radical (unpaired) electrons. The van der Waals surface area contributed by atoms with Crippen LogP contribution in [0.2, 0.25) is 0 Å². The Morgan fingerprint density at radius 3 is 1.73 bits per heavy atom. The lowest BCUT2D eigenvalue weighted by molar-refractivity contribution is -0.164. The quantitative estimate of drug-likeness (QED) is 0.264. The molecule has 0 aliphatic carbocycles. The second-order valence-corrected chi connectivity index (χ2v) is 12.6. The maximum Gasteiger partial charge on any atom is 0.329 e. The first kappa shape index (κ1) is 35.6. The summed E-state index contributed by atoms with van der Waals surface area (Å²) < 4.78 is 21.4. The van der Waals surface area contributed by atoms with Gasteiger partial charge in [0.1, 0.15) is 35.5 Å². The Labute approximate surface area is 243 Å². The van der Waals surface area contributed by atoms with Gasteiger partial charge in [0.05, 0.1) is 13.0 Å². The monoisotopic (exact) mass is 578 g/mol. The number of hydrogen-bond donors (Lipinski definition) is 2. The zero-order chi connectivity index (χ0) is 31.4. The molecule has 1 aromatic carbocycles. The van der Waals surface area contributed by atoms with Crippen molar-refractivity contribution in [2.75, 3.05) is 6.54 Å². The highest BCUT2D eigenvalue weighted by molar-refractivity contribution is 5.87. The fourth-order valence-corrected chi connectivity index (χ4v) is 3.32. The van der Waals surface area contributed by atoms with Crippen LogP contribution in [-0.2, 0) is 49.5 Å². The zero-order valence-corrected chi connectivity index (χ0v) is 25.8. The second-order valence-electron chi connectivity index (χ2n) is 12.6. The first-order valence-electron chi connectivity index (χ1n) is 13.6. The fourth-order valence-electron chi connectivity index (χ4n) is 3.32. The van der Waals surface area contributed by atoms with E-state index in [1.165, 1.54) is 0 Å². The predicted molar refractivity (Wildman–Crippen MR) is 151 cm³/mol. The Hall–Kier alpha value is -3.47. The van der Waals surface area contributed by atoms with Gasteiger partial charge in [-0.25, -0.2) is 4.79 Å². The van der Waals surface area contributed by atoms with Crippen molar-refractivity contribution in [3.8, 4) is 0 Å². The molecule has 0 saturated heterocycles. The average molecular weight is 579 g/mol. The van der Waals surface area contributed by atoms with Crippen LogP contribution in [0.1, 0.15) is 87.1 Å². The Balaban J connectivity index is 2.86. The lowest BCUT2D eigenvalue weighted by atomic mass is 10.1. The van der Waals surface area contributed by atoms with E-state index in [1.807, 2.05) is 30.3 Å². The van der Waals surface area contributed by atoms with E-state index < -0.39 is 65.2 Å². The van der Waals surface area contributed by atoms with Crippen LogP contribution in [0.25, 0.3) is 0 Å². The Morgan fingerprint density at radius 2 is 1.22 bits per heavy atom. The summed E-state index contributed by atoms with van der Waals surface area (Å²) in [5, 5.41) is 5.27. The third kappa shape index (κ3) is 17.1. The summed E-state index contributed by atoms with van der Waals surface area (Å²) in [5.41, 5.74) is -1.61. The number of nitrogens with one attached hydrogen (secondary N) is 2. The van der Waals surface area contributed by atoms with Crippen LogP contribution in [0.3, 0.4) is 0 Å². The number of esters is 4. The highest BCUT2D eigenvalue weighted by atomic mass is 16.6. The number of rotatable bonds is 13. The summed E-state index contributed by atoms with van der Waals surface area (Å²) in [6, 6.07) is 6.80. The highest BCUT2D eigenvalue weighted by Crippen LogP contribution is 2.14. The Bertz CT molecular complexity index is 1030. The minimum Gasteiger partial charge on any atom is -0.461 e. The number of carbonyl (C=O) groups is 5. The van der Waals surface area contributed by atoms with Crippen molar-refractivity contribution in [2.45, 2.75) is 117 Å². The van der Waals surface area contributed by atoms with Gasteiger partial charge in [-0.15, -0.1) is 0 Å². The molecule has 0 aliphatic heterocycles. The SMILES string of the molecule is CC(C)(C)OC(=O)CC(NCC(=O)NC(CCC(=O)OCc1ccccc1)C(=O)OC(C)(C)C)C(=O)OC(C)(C)C. The third-order valence-corrected chi connectivity index (χ3v) is 4.90. The van der Waals surface area contributed by atoms with Crippen LogP contribution < -0.4 is 10.6 Å². The molecule has 11 heteroatoms. The molecule has 2 N–H and O–H groups in total. The maximum absolute atomic E-state index is 12.8. The van der Waals surface area contributed by atoms with Gasteiger partial charge in [-0.3, -0.25) is 24.5 Å². The number of ether oxygens (including phenoxy) is 4. The number of amides is 1. The van der Waals surface area contributed by atoms with Gasteiger partial charge >= 0.3 is 23.9 Å². The molecule has 0 aliphatic rings. The summed E-state index contributed by atoms with van der Waals surface area (Å²) in [6.45, 7) is 14.8. The Kier molecular flexibility index (Phi) is 13.4. The van der Waals surface area contributed by atoms with Crippen molar-refractivity contribution in [3.05, 3.63) is 35.9 Å². The van der Waals surface area contributed by atoms with Crippen LogP contribution in [0.4, 0.5) is 0 Å². The van der Waals surface area contributed by atoms with Gasteiger partial charge in [0.25, 0.3) is 0 Å². The predicted octanol–water partition coefficient (Wildman–Crippen LogP) is 3.37. The molecule has 0 saturated carbocycles. The van der Waals surface area contributed by atoms with Crippen LogP contribution in [0, 0.1) is 0 Å². The van der Waals surface area contributed by atoms with E-state index in [4.69, 9.17) is 18.9 Å². The van der Waals surface area contributed by atoms with Gasteiger partial charge in [-0.1, -0.05) is 30.3 Å². The fraction of sp³-hybridized carbons (Fsp3) is 0.633. The minimum absolute atomic E-state index is 0.0678. The van der Waals surface area contributed by atoms with Crippen molar-refractivity contribution in [1.82, 2.24) is 10.6 Å². The summed E-state index contributed by atoms with van der Waals surface area (Å²) in [6.07, 6.45) is -0.590. The van der Waals surface area contributed by atoms with Crippen molar-refractivity contribution in [3.63, 3.8) is 0 Å². The molecule has 41 heavy (non-hydrogen) atoms. The zero-order valence-electron chi connectivity index (χ0n) is 25.8. The van der Waals surface area contributed by atoms with E-state index in [1.54, 1.807) is 62.3 Å². The summed E-state index contributed by atoms with van der Waals surface area (Å²) in [4.78, 5) is 63.1. The topological polar surface area (TPSA) is 146 Å². The molecule has 230 valence electrons. The van der Waals surface area contributed by atoms with Crippen LogP contribution in [0.5, 0.6) is 0 Å². The molecular formula is C30H46N2O9. The smallest absolute Gasteiger partial charge is 0.329 e. The molecule has 1 rings (SSSR count). The average Bonchev–Trinajstić information content (AvgIpc) is 2.80. The highest BCUT2D eigenvalue weighted by Gasteiger charge is 2.31. The molecule has 0 spiro atoms. The van der Waals surface area contributed by atoms with Gasteiger partial charge in [-0.2, -0.15) is 0 Å². The summed E-state index contributed by atoms with van der Waals surface area (Å²) in [5.74, 6) is -3.31. The van der Waals surface area contributed by atoms with Gasteiger partial charge in [-0.05, 0) is 74.3 Å². The molecule has 0 bridgehead atoms. The molecular weight excluding hydrogens is 532 g/mol. The van der Waals surface area contributed by atoms with Crippen molar-refractivity contribution >= 4 is 29.8 Å². The van der Waals surface area contributed by atoms with Gasteiger partial charge in [0.2, 0.25) is 5.91 Å². The molecule has 1 aromatic rings. The van der Waals surface area contributed by atoms with Crippen molar-refractivity contribution in [1.29, 1.82) is 0 Å². The Morgan fingerprint density at radius 1 is 0.707 bits per heavy atom. The van der Waals surface area contributed by atoms with Crippen molar-refractivity contribution in [2.24, 2.45) is 0 Å². The molecule has 11 nitrogen and oxygen atoms in total. The molecule has 1 amide bonds. The van der Waals surface area contributed by atoms with E-state index in [2.05, 4.69) is 10.6 Å². The number of carbonyl (C=O) groups excluding carboxylic acids is 5. The normalized spacial score (nSPS) is 13.4. The molecule has 0 aromatic heterocycles. The summed E-state index contributed by atoms with van der Waals surface area (Å²) in [7, 11) is 0. The van der Waals surface area contributed by atoms with E-state index in [0.717, 1.165) is 5.56 Å².